The topological polar surface area (TPSA) is 46.9 Å². The molecule has 5 rings (SSSR count). The van der Waals surface area contributed by atoms with Crippen molar-refractivity contribution in [1.29, 1.82) is 0 Å². The van der Waals surface area contributed by atoms with Crippen molar-refractivity contribution >= 4 is 21.6 Å². The Bertz CT molecular complexity index is 1340. The van der Waals surface area contributed by atoms with E-state index in [9.17, 15) is 18.0 Å². The number of fused-ring (bicyclic) bond motifs is 3. The number of thiophene rings is 1. The van der Waals surface area contributed by atoms with Crippen molar-refractivity contribution in [3.8, 4) is 0 Å². The van der Waals surface area contributed by atoms with E-state index in [0.29, 0.717) is 21.8 Å². The van der Waals surface area contributed by atoms with Gasteiger partial charge in [-0.15, -0.1) is 11.3 Å². The van der Waals surface area contributed by atoms with Crippen molar-refractivity contribution in [1.82, 2.24) is 14.9 Å². The predicted octanol–water partition coefficient (Wildman–Crippen LogP) is 5.17. The number of aromatic nitrogens is 2. The molecular formula is C25H22F3N3OS. The molecule has 2 aromatic carbocycles. The van der Waals surface area contributed by atoms with E-state index < -0.39 is 11.7 Å². The van der Waals surface area contributed by atoms with Gasteiger partial charge in [0.2, 0.25) is 0 Å². The number of halogens is 3. The largest absolute Gasteiger partial charge is 0.416 e. The highest BCUT2D eigenvalue weighted by Crippen LogP contribution is 2.34. The Morgan fingerprint density at radius 2 is 1.88 bits per heavy atom. The highest BCUT2D eigenvalue weighted by Gasteiger charge is 2.30. The molecule has 1 aliphatic rings. The molecule has 1 aliphatic carbocycles. The zero-order valence-corrected chi connectivity index (χ0v) is 18.5. The first-order chi connectivity index (χ1) is 15.9. The van der Waals surface area contributed by atoms with E-state index in [1.165, 1.54) is 27.4 Å². The fourth-order valence-corrected chi connectivity index (χ4v) is 5.65. The lowest BCUT2D eigenvalue weighted by molar-refractivity contribution is -0.137. The van der Waals surface area contributed by atoms with Crippen molar-refractivity contribution in [2.45, 2.75) is 44.6 Å². The second-order valence-electron chi connectivity index (χ2n) is 8.37. The van der Waals surface area contributed by atoms with Crippen LogP contribution in [0.1, 0.15) is 33.6 Å². The van der Waals surface area contributed by atoms with Crippen molar-refractivity contribution in [3.05, 3.63) is 98.4 Å². The summed E-state index contributed by atoms with van der Waals surface area (Å²) in [4.78, 5) is 19.6. The summed E-state index contributed by atoms with van der Waals surface area (Å²) in [5, 5.41) is 4.23. The van der Waals surface area contributed by atoms with E-state index in [2.05, 4.69) is 22.4 Å². The van der Waals surface area contributed by atoms with Crippen LogP contribution < -0.4 is 10.9 Å². The van der Waals surface area contributed by atoms with E-state index in [-0.39, 0.29) is 12.1 Å². The van der Waals surface area contributed by atoms with Gasteiger partial charge < -0.3 is 5.32 Å². The van der Waals surface area contributed by atoms with Gasteiger partial charge in [0.05, 0.1) is 23.8 Å². The molecule has 2 heterocycles. The monoisotopic (exact) mass is 469 g/mol. The average molecular weight is 470 g/mol. The smallest absolute Gasteiger partial charge is 0.310 e. The van der Waals surface area contributed by atoms with Crippen LogP contribution in [0.2, 0.25) is 0 Å². The first kappa shape index (κ1) is 21.9. The van der Waals surface area contributed by atoms with Gasteiger partial charge in [-0.1, -0.05) is 42.5 Å². The number of benzene rings is 2. The fraction of sp³-hybridized carbons (Fsp3) is 0.280. The molecule has 0 radical (unpaired) electrons. The number of nitrogens with one attached hydrogen (secondary N) is 1. The number of hydrogen-bond acceptors (Lipinski definition) is 4. The van der Waals surface area contributed by atoms with E-state index in [0.717, 1.165) is 43.5 Å². The normalized spacial score (nSPS) is 16.2. The molecule has 1 unspecified atom stereocenters. The predicted molar refractivity (Wildman–Crippen MR) is 124 cm³/mol. The number of alkyl halides is 3. The van der Waals surface area contributed by atoms with Crippen LogP contribution in [-0.4, -0.2) is 15.6 Å². The van der Waals surface area contributed by atoms with Crippen molar-refractivity contribution in [3.63, 3.8) is 0 Å². The Labute approximate surface area is 192 Å². The number of nitrogens with zero attached hydrogens (tertiary/aromatic N) is 2. The average Bonchev–Trinajstić information content (AvgIpc) is 3.18. The van der Waals surface area contributed by atoms with Crippen LogP contribution in [0.25, 0.3) is 10.2 Å². The molecule has 1 atom stereocenters. The summed E-state index contributed by atoms with van der Waals surface area (Å²) < 4.78 is 40.5. The summed E-state index contributed by atoms with van der Waals surface area (Å²) in [5.74, 6) is 0. The molecular weight excluding hydrogens is 447 g/mol. The number of aryl methyl sites for hydroxylation is 1. The summed E-state index contributed by atoms with van der Waals surface area (Å²) in [6, 6.07) is 15.7. The molecule has 0 aliphatic heterocycles. The third-order valence-corrected chi connectivity index (χ3v) is 7.24. The third kappa shape index (κ3) is 4.58. The molecule has 0 bridgehead atoms. The van der Waals surface area contributed by atoms with Gasteiger partial charge in [0.1, 0.15) is 4.83 Å². The van der Waals surface area contributed by atoms with Crippen LogP contribution in [-0.2, 0) is 32.1 Å². The molecule has 1 N–H and O–H groups in total. The Hall–Kier alpha value is -2.97. The lowest BCUT2D eigenvalue weighted by Gasteiger charge is -2.23. The second-order valence-corrected chi connectivity index (χ2v) is 9.45. The Morgan fingerprint density at radius 3 is 2.67 bits per heavy atom. The zero-order chi connectivity index (χ0) is 23.0. The zero-order valence-electron chi connectivity index (χ0n) is 17.7. The summed E-state index contributed by atoms with van der Waals surface area (Å²) in [6.07, 6.45) is -0.422. The van der Waals surface area contributed by atoms with Gasteiger partial charge in [-0.2, -0.15) is 13.2 Å². The minimum absolute atomic E-state index is 0.0531. The van der Waals surface area contributed by atoms with Gasteiger partial charge in [-0.05, 0) is 48.1 Å². The summed E-state index contributed by atoms with van der Waals surface area (Å²) in [6.45, 7) is 0.853. The second kappa shape index (κ2) is 8.76. The molecule has 4 aromatic rings. The van der Waals surface area contributed by atoms with E-state index >= 15 is 0 Å². The van der Waals surface area contributed by atoms with Crippen molar-refractivity contribution in [2.24, 2.45) is 0 Å². The first-order valence-electron chi connectivity index (χ1n) is 10.8. The Kier molecular flexibility index (Phi) is 5.80. The van der Waals surface area contributed by atoms with E-state index in [4.69, 9.17) is 0 Å². The van der Waals surface area contributed by atoms with E-state index in [1.807, 2.05) is 18.2 Å². The lowest BCUT2D eigenvalue weighted by Crippen LogP contribution is -2.33. The highest BCUT2D eigenvalue weighted by molar-refractivity contribution is 7.18. The fourth-order valence-electron chi connectivity index (χ4n) is 4.39. The molecule has 170 valence electrons. The van der Waals surface area contributed by atoms with Crippen LogP contribution in [0.4, 0.5) is 13.2 Å². The quantitative estimate of drug-likeness (QED) is 0.439. The van der Waals surface area contributed by atoms with Crippen molar-refractivity contribution < 1.29 is 13.2 Å². The van der Waals surface area contributed by atoms with E-state index in [1.54, 1.807) is 17.4 Å². The molecule has 8 heteroatoms. The van der Waals surface area contributed by atoms with Gasteiger partial charge in [0.25, 0.3) is 5.56 Å². The number of hydrogen-bond donors (Lipinski definition) is 1. The first-order valence-corrected chi connectivity index (χ1v) is 11.6. The summed E-state index contributed by atoms with van der Waals surface area (Å²) in [5.41, 5.74) is 1.79. The maximum atomic E-state index is 13.2. The van der Waals surface area contributed by atoms with Gasteiger partial charge >= 0.3 is 6.18 Å². The minimum Gasteiger partial charge on any atom is -0.310 e. The molecule has 4 nitrogen and oxygen atoms in total. The van der Waals surface area contributed by atoms with Gasteiger partial charge in [-0.3, -0.25) is 9.36 Å². The molecule has 0 saturated heterocycles. The summed E-state index contributed by atoms with van der Waals surface area (Å²) in [7, 11) is 0. The molecule has 0 fully saturated rings. The molecule has 2 aromatic heterocycles. The molecule has 0 spiro atoms. The van der Waals surface area contributed by atoms with Gasteiger partial charge in [0.15, 0.2) is 0 Å². The minimum atomic E-state index is -4.42. The summed E-state index contributed by atoms with van der Waals surface area (Å²) >= 11 is 1.55. The van der Waals surface area contributed by atoms with Gasteiger partial charge in [-0.25, -0.2) is 4.98 Å². The van der Waals surface area contributed by atoms with Crippen LogP contribution in [0.5, 0.6) is 0 Å². The van der Waals surface area contributed by atoms with Crippen molar-refractivity contribution in [2.75, 3.05) is 0 Å². The maximum absolute atomic E-state index is 13.2. The number of rotatable bonds is 5. The molecule has 0 saturated carbocycles. The Balaban J connectivity index is 1.37. The standard InChI is InChI=1S/C25H22F3N3OS/c26-25(27,28)18-8-4-7-17(11-18)14-31-15-30-23-22(24(31)32)20-10-9-19(12-21(20)33-23)29-13-16-5-2-1-3-6-16/h1-8,11,15,19,29H,9-10,12-14H2. The van der Waals surface area contributed by atoms with Crippen LogP contribution in [0.15, 0.2) is 65.7 Å². The highest BCUT2D eigenvalue weighted by atomic mass is 32.1. The maximum Gasteiger partial charge on any atom is 0.416 e. The molecule has 33 heavy (non-hydrogen) atoms. The van der Waals surface area contributed by atoms with Crippen LogP contribution >= 0.6 is 11.3 Å². The van der Waals surface area contributed by atoms with Gasteiger partial charge in [0, 0.05) is 17.5 Å². The SMILES string of the molecule is O=c1c2c3c(sc2ncn1Cc1cccc(C(F)(F)F)c1)CC(NCc1ccccc1)CC3. The molecule has 0 amide bonds. The van der Waals surface area contributed by atoms with Crippen LogP contribution in [0.3, 0.4) is 0 Å². The lowest BCUT2D eigenvalue weighted by atomic mass is 9.93. The van der Waals surface area contributed by atoms with Crippen LogP contribution in [0, 0.1) is 0 Å². The third-order valence-electron chi connectivity index (χ3n) is 6.08. The Morgan fingerprint density at radius 1 is 1.09 bits per heavy atom.